The van der Waals surface area contributed by atoms with Crippen molar-refractivity contribution in [3.05, 3.63) is 0 Å². The molecule has 0 aliphatic heterocycles. The summed E-state index contributed by atoms with van der Waals surface area (Å²) in [5.74, 6) is 0. The smallest absolute Gasteiger partial charge is 0.105 e. The van der Waals surface area contributed by atoms with Gasteiger partial charge < -0.3 is 11.5 Å². The van der Waals surface area contributed by atoms with Gasteiger partial charge in [-0.1, -0.05) is 27.7 Å². The number of hydrogen-bond donors (Lipinski definition) is 2. The van der Waals surface area contributed by atoms with Crippen LogP contribution in [-0.2, 0) is 9.78 Å². The van der Waals surface area contributed by atoms with Crippen molar-refractivity contribution in [2.75, 3.05) is 13.1 Å². The lowest BCUT2D eigenvalue weighted by Gasteiger charge is -2.49. The molecule has 0 fully saturated rings. The molecule has 0 aliphatic rings. The Morgan fingerprint density at radius 1 is 0.591 bits per heavy atom. The zero-order chi connectivity index (χ0) is 17.7. The normalized spacial score (nSPS) is 14.5. The summed E-state index contributed by atoms with van der Waals surface area (Å²) in [6.07, 6.45) is 3.83. The zero-order valence-electron chi connectivity index (χ0n) is 16.2. The zero-order valence-corrected chi connectivity index (χ0v) is 16.2. The van der Waals surface area contributed by atoms with E-state index in [9.17, 15) is 0 Å². The molecule has 0 saturated carbocycles. The summed E-state index contributed by atoms with van der Waals surface area (Å²) in [6.45, 7) is 18.1. The summed E-state index contributed by atoms with van der Waals surface area (Å²) < 4.78 is 0. The topological polar surface area (TPSA) is 70.5 Å². The quantitative estimate of drug-likeness (QED) is 0.446. The van der Waals surface area contributed by atoms with Gasteiger partial charge in [-0.25, -0.2) is 9.78 Å². The number of rotatable bonds is 11. The van der Waals surface area contributed by atoms with E-state index in [1.165, 1.54) is 0 Å². The first-order chi connectivity index (χ1) is 10.1. The molecule has 0 heterocycles. The standard InChI is InChI=1S/C18H40N2O2/c1-9-17(10-2,13-19)15(5,6)21-22-16(7,8)18(11-3,12-4)14-20/h9-14,19-20H2,1-8H3. The summed E-state index contributed by atoms with van der Waals surface area (Å²) in [4.78, 5) is 12.0. The first-order valence-corrected chi connectivity index (χ1v) is 8.84. The molecule has 0 spiro atoms. The van der Waals surface area contributed by atoms with E-state index in [2.05, 4.69) is 55.4 Å². The van der Waals surface area contributed by atoms with Gasteiger partial charge in [0.2, 0.25) is 0 Å². The Bertz CT molecular complexity index is 271. The van der Waals surface area contributed by atoms with Crippen LogP contribution in [0.5, 0.6) is 0 Å². The van der Waals surface area contributed by atoms with Crippen molar-refractivity contribution in [3.8, 4) is 0 Å². The van der Waals surface area contributed by atoms with Gasteiger partial charge in [0.05, 0.1) is 0 Å². The van der Waals surface area contributed by atoms with Crippen LogP contribution in [0.3, 0.4) is 0 Å². The van der Waals surface area contributed by atoms with E-state index < -0.39 is 11.2 Å². The van der Waals surface area contributed by atoms with Crippen molar-refractivity contribution in [3.63, 3.8) is 0 Å². The second-order valence-corrected chi connectivity index (χ2v) is 7.57. The monoisotopic (exact) mass is 316 g/mol. The minimum absolute atomic E-state index is 0.0904. The van der Waals surface area contributed by atoms with Crippen LogP contribution >= 0.6 is 0 Å². The van der Waals surface area contributed by atoms with E-state index >= 15 is 0 Å². The molecule has 0 atom stereocenters. The van der Waals surface area contributed by atoms with Crippen molar-refractivity contribution < 1.29 is 9.78 Å². The highest BCUT2D eigenvalue weighted by Gasteiger charge is 2.48. The molecule has 0 aromatic heterocycles. The van der Waals surface area contributed by atoms with Gasteiger partial charge in [-0.2, -0.15) is 0 Å². The van der Waals surface area contributed by atoms with Gasteiger partial charge in [-0.3, -0.25) is 0 Å². The molecule has 0 aliphatic carbocycles. The molecule has 0 amide bonds. The van der Waals surface area contributed by atoms with E-state index in [1.807, 2.05) is 0 Å². The van der Waals surface area contributed by atoms with Gasteiger partial charge in [-0.05, 0) is 53.4 Å². The van der Waals surface area contributed by atoms with Gasteiger partial charge in [0.25, 0.3) is 0 Å². The van der Waals surface area contributed by atoms with Crippen LogP contribution in [0.15, 0.2) is 0 Å². The van der Waals surface area contributed by atoms with Crippen molar-refractivity contribution in [2.24, 2.45) is 22.3 Å². The highest BCUT2D eigenvalue weighted by molar-refractivity contribution is 4.95. The molecule has 0 aromatic rings. The first-order valence-electron chi connectivity index (χ1n) is 8.84. The maximum atomic E-state index is 6.06. The largest absolute Gasteiger partial charge is 0.330 e. The highest BCUT2D eigenvalue weighted by Crippen LogP contribution is 2.44. The Morgan fingerprint density at radius 2 is 0.818 bits per heavy atom. The predicted octanol–water partition coefficient (Wildman–Crippen LogP) is 4.02. The number of hydrogen-bond acceptors (Lipinski definition) is 4. The molecular formula is C18H40N2O2. The summed E-state index contributed by atoms with van der Waals surface area (Å²) in [6, 6.07) is 0. The molecule has 22 heavy (non-hydrogen) atoms. The first kappa shape index (κ1) is 21.8. The molecule has 134 valence electrons. The second-order valence-electron chi connectivity index (χ2n) is 7.57. The van der Waals surface area contributed by atoms with E-state index in [0.29, 0.717) is 13.1 Å². The van der Waals surface area contributed by atoms with Crippen LogP contribution in [-0.4, -0.2) is 24.3 Å². The fraction of sp³-hybridized carbons (Fsp3) is 1.00. The molecule has 4 N–H and O–H groups in total. The average molecular weight is 317 g/mol. The minimum atomic E-state index is -0.454. The van der Waals surface area contributed by atoms with Crippen LogP contribution in [0.2, 0.25) is 0 Å². The van der Waals surface area contributed by atoms with Gasteiger partial charge in [0, 0.05) is 23.9 Å². The predicted molar refractivity (Wildman–Crippen MR) is 94.5 cm³/mol. The van der Waals surface area contributed by atoms with Gasteiger partial charge in [0.1, 0.15) is 11.2 Å². The molecule has 0 unspecified atom stereocenters. The van der Waals surface area contributed by atoms with Crippen molar-refractivity contribution in [1.82, 2.24) is 0 Å². The fourth-order valence-electron chi connectivity index (χ4n) is 3.66. The third-order valence-electron chi connectivity index (χ3n) is 6.50. The van der Waals surface area contributed by atoms with Gasteiger partial charge >= 0.3 is 0 Å². The molecule has 4 nitrogen and oxygen atoms in total. The number of nitrogens with two attached hydrogens (primary N) is 2. The summed E-state index contributed by atoms with van der Waals surface area (Å²) in [5.41, 5.74) is 11.0. The third-order valence-corrected chi connectivity index (χ3v) is 6.50. The van der Waals surface area contributed by atoms with Gasteiger partial charge in [0.15, 0.2) is 0 Å². The molecule has 0 radical (unpaired) electrons. The van der Waals surface area contributed by atoms with Gasteiger partial charge in [-0.15, -0.1) is 0 Å². The lowest BCUT2D eigenvalue weighted by atomic mass is 9.69. The van der Waals surface area contributed by atoms with Crippen molar-refractivity contribution >= 4 is 0 Å². The summed E-state index contributed by atoms with van der Waals surface area (Å²) in [5, 5.41) is 0. The molecule has 0 rings (SSSR count). The molecule has 0 bridgehead atoms. The molecule has 4 heteroatoms. The van der Waals surface area contributed by atoms with Crippen LogP contribution in [0.25, 0.3) is 0 Å². The fourth-order valence-corrected chi connectivity index (χ4v) is 3.66. The van der Waals surface area contributed by atoms with Crippen LogP contribution in [0, 0.1) is 10.8 Å². The Morgan fingerprint density at radius 3 is 0.955 bits per heavy atom. The maximum absolute atomic E-state index is 6.06. The van der Waals surface area contributed by atoms with E-state index in [1.54, 1.807) is 0 Å². The average Bonchev–Trinajstić information content (AvgIpc) is 2.49. The van der Waals surface area contributed by atoms with Crippen molar-refractivity contribution in [1.29, 1.82) is 0 Å². The maximum Gasteiger partial charge on any atom is 0.105 e. The van der Waals surface area contributed by atoms with Crippen LogP contribution in [0.1, 0.15) is 81.1 Å². The Hall–Kier alpha value is -0.160. The van der Waals surface area contributed by atoms with Crippen molar-refractivity contribution in [2.45, 2.75) is 92.3 Å². The Balaban J connectivity index is 5.26. The molecule has 0 aromatic carbocycles. The van der Waals surface area contributed by atoms with E-state index in [0.717, 1.165) is 25.7 Å². The van der Waals surface area contributed by atoms with E-state index in [-0.39, 0.29) is 10.8 Å². The second kappa shape index (κ2) is 8.09. The van der Waals surface area contributed by atoms with Crippen LogP contribution < -0.4 is 11.5 Å². The highest BCUT2D eigenvalue weighted by atomic mass is 17.2. The lowest BCUT2D eigenvalue weighted by Crippen LogP contribution is -2.54. The van der Waals surface area contributed by atoms with Crippen LogP contribution in [0.4, 0.5) is 0 Å². The Kier molecular flexibility index (Phi) is 8.03. The molecular weight excluding hydrogens is 276 g/mol. The summed E-state index contributed by atoms with van der Waals surface area (Å²) in [7, 11) is 0. The lowest BCUT2D eigenvalue weighted by molar-refractivity contribution is -0.436. The SMILES string of the molecule is CCC(CC)(CN)C(C)(C)OOC(C)(C)C(CC)(CC)CN. The third kappa shape index (κ3) is 3.84. The van der Waals surface area contributed by atoms with E-state index in [4.69, 9.17) is 21.2 Å². The molecule has 0 saturated heterocycles. The minimum Gasteiger partial charge on any atom is -0.330 e. The Labute approximate surface area is 138 Å². The summed E-state index contributed by atoms with van der Waals surface area (Å²) >= 11 is 0.